The molecule has 0 aliphatic rings. The molecular formula is C13H19N3O4. The van der Waals surface area contributed by atoms with Gasteiger partial charge >= 0.3 is 6.03 Å². The van der Waals surface area contributed by atoms with Crippen LogP contribution in [0.25, 0.3) is 0 Å². The molecule has 3 amide bonds. The summed E-state index contributed by atoms with van der Waals surface area (Å²) in [6.45, 7) is 1.05. The van der Waals surface area contributed by atoms with Crippen LogP contribution in [0.5, 0.6) is 0 Å². The largest absolute Gasteiger partial charge is 0.394 e. The van der Waals surface area contributed by atoms with Crippen molar-refractivity contribution in [2.45, 2.75) is 18.9 Å². The number of carbonyl (C=O) groups is 2. The van der Waals surface area contributed by atoms with Crippen LogP contribution in [0.4, 0.5) is 10.5 Å². The number of aliphatic hydroxyl groups excluding tert-OH is 2. The number of aliphatic hydroxyl groups is 2. The quantitative estimate of drug-likeness (QED) is 0.505. The van der Waals surface area contributed by atoms with E-state index in [1.807, 2.05) is 0 Å². The van der Waals surface area contributed by atoms with E-state index in [1.54, 1.807) is 6.92 Å². The van der Waals surface area contributed by atoms with Crippen molar-refractivity contribution in [3.05, 3.63) is 29.8 Å². The number of nitrogens with one attached hydrogen (secondary N) is 2. The summed E-state index contributed by atoms with van der Waals surface area (Å²) in [4.78, 5) is 22.7. The van der Waals surface area contributed by atoms with Crippen molar-refractivity contribution in [3.8, 4) is 0 Å². The van der Waals surface area contributed by atoms with E-state index in [9.17, 15) is 19.8 Å². The molecule has 20 heavy (non-hydrogen) atoms. The fourth-order valence-electron chi connectivity index (χ4n) is 1.60. The fraction of sp³-hybridized carbons (Fsp3) is 0.385. The number of rotatable bonds is 6. The first-order valence-corrected chi connectivity index (χ1v) is 6.17. The average Bonchev–Trinajstić information content (AvgIpc) is 2.45. The number of hydrogen-bond acceptors (Lipinski definition) is 4. The van der Waals surface area contributed by atoms with Gasteiger partial charge in [-0.1, -0.05) is 6.92 Å². The average molecular weight is 281 g/mol. The Labute approximate surface area is 116 Å². The van der Waals surface area contributed by atoms with Gasteiger partial charge in [0.15, 0.2) is 0 Å². The van der Waals surface area contributed by atoms with E-state index < -0.39 is 17.5 Å². The minimum absolute atomic E-state index is 0.347. The van der Waals surface area contributed by atoms with Gasteiger partial charge in [0.2, 0.25) is 0 Å². The van der Waals surface area contributed by atoms with Crippen LogP contribution < -0.4 is 16.4 Å². The summed E-state index contributed by atoms with van der Waals surface area (Å²) in [7, 11) is 0. The molecule has 0 spiro atoms. The van der Waals surface area contributed by atoms with Gasteiger partial charge in [0.25, 0.3) is 5.91 Å². The zero-order valence-electron chi connectivity index (χ0n) is 11.2. The van der Waals surface area contributed by atoms with E-state index in [2.05, 4.69) is 10.6 Å². The summed E-state index contributed by atoms with van der Waals surface area (Å²) >= 11 is 0. The summed E-state index contributed by atoms with van der Waals surface area (Å²) in [5.41, 5.74) is 4.75. The zero-order valence-corrected chi connectivity index (χ0v) is 11.2. The van der Waals surface area contributed by atoms with Crippen molar-refractivity contribution >= 4 is 17.6 Å². The molecule has 0 saturated carbocycles. The standard InChI is InChI=1S/C13H19N3O4/c1-2-13(7-17,8-18)16-11(19)9-3-5-10(6-4-9)15-12(14)20/h3-6,17-18H,2,7-8H2,1H3,(H,16,19)(H3,14,15,20). The van der Waals surface area contributed by atoms with E-state index in [4.69, 9.17) is 5.73 Å². The first-order chi connectivity index (χ1) is 9.46. The Hall–Kier alpha value is -2.12. The van der Waals surface area contributed by atoms with Crippen LogP contribution in [-0.2, 0) is 0 Å². The molecule has 0 aliphatic heterocycles. The molecule has 1 rings (SSSR count). The van der Waals surface area contributed by atoms with E-state index in [0.29, 0.717) is 17.7 Å². The Morgan fingerprint density at radius 3 is 2.15 bits per heavy atom. The molecule has 0 saturated heterocycles. The first-order valence-electron chi connectivity index (χ1n) is 6.17. The monoisotopic (exact) mass is 281 g/mol. The molecule has 1 aromatic carbocycles. The first kappa shape index (κ1) is 15.9. The topological polar surface area (TPSA) is 125 Å². The van der Waals surface area contributed by atoms with Crippen molar-refractivity contribution in [3.63, 3.8) is 0 Å². The fourth-order valence-corrected chi connectivity index (χ4v) is 1.60. The Morgan fingerprint density at radius 2 is 1.75 bits per heavy atom. The van der Waals surface area contributed by atoms with Crippen molar-refractivity contribution < 1.29 is 19.8 Å². The highest BCUT2D eigenvalue weighted by molar-refractivity contribution is 5.95. The van der Waals surface area contributed by atoms with Gasteiger partial charge in [0.1, 0.15) is 0 Å². The lowest BCUT2D eigenvalue weighted by Gasteiger charge is -2.29. The molecule has 0 bridgehead atoms. The number of benzene rings is 1. The molecule has 0 fully saturated rings. The van der Waals surface area contributed by atoms with Crippen molar-refractivity contribution in [2.24, 2.45) is 5.73 Å². The molecular weight excluding hydrogens is 262 g/mol. The van der Waals surface area contributed by atoms with E-state index in [1.165, 1.54) is 24.3 Å². The molecule has 7 heteroatoms. The van der Waals surface area contributed by atoms with Crippen LogP contribution in [0.1, 0.15) is 23.7 Å². The molecule has 0 radical (unpaired) electrons. The Morgan fingerprint density at radius 1 is 1.20 bits per heavy atom. The highest BCUT2D eigenvalue weighted by atomic mass is 16.3. The third-order valence-corrected chi connectivity index (χ3v) is 3.08. The number of primary amides is 1. The van der Waals surface area contributed by atoms with Crippen LogP contribution in [0.2, 0.25) is 0 Å². The second kappa shape index (κ2) is 6.88. The molecule has 0 heterocycles. The number of carbonyl (C=O) groups excluding carboxylic acids is 2. The number of hydrogen-bond donors (Lipinski definition) is 5. The molecule has 0 aliphatic carbocycles. The lowest BCUT2D eigenvalue weighted by molar-refractivity contribution is 0.0653. The minimum Gasteiger partial charge on any atom is -0.394 e. The number of amides is 3. The van der Waals surface area contributed by atoms with Crippen molar-refractivity contribution in [1.82, 2.24) is 5.32 Å². The van der Waals surface area contributed by atoms with Gasteiger partial charge in [-0.05, 0) is 30.7 Å². The van der Waals surface area contributed by atoms with Crippen LogP contribution in [0.15, 0.2) is 24.3 Å². The molecule has 6 N–H and O–H groups in total. The number of anilines is 1. The Balaban J connectivity index is 2.79. The highest BCUT2D eigenvalue weighted by Gasteiger charge is 2.28. The zero-order chi connectivity index (χ0) is 15.2. The van der Waals surface area contributed by atoms with Crippen LogP contribution in [-0.4, -0.2) is 40.9 Å². The van der Waals surface area contributed by atoms with Gasteiger partial charge in [0, 0.05) is 11.3 Å². The summed E-state index contributed by atoms with van der Waals surface area (Å²) in [5.74, 6) is -0.416. The summed E-state index contributed by atoms with van der Waals surface area (Å²) in [6, 6.07) is 5.40. The third-order valence-electron chi connectivity index (χ3n) is 3.08. The smallest absolute Gasteiger partial charge is 0.316 e. The van der Waals surface area contributed by atoms with Gasteiger partial charge in [-0.25, -0.2) is 4.79 Å². The number of urea groups is 1. The van der Waals surface area contributed by atoms with Crippen LogP contribution in [0, 0.1) is 0 Å². The van der Waals surface area contributed by atoms with Gasteiger partial charge in [0.05, 0.1) is 18.8 Å². The van der Waals surface area contributed by atoms with Crippen molar-refractivity contribution in [1.29, 1.82) is 0 Å². The van der Waals surface area contributed by atoms with E-state index in [0.717, 1.165) is 0 Å². The normalized spacial score (nSPS) is 10.9. The molecule has 0 aromatic heterocycles. The second-order valence-corrected chi connectivity index (χ2v) is 4.47. The highest BCUT2D eigenvalue weighted by Crippen LogP contribution is 2.13. The van der Waals surface area contributed by atoms with Gasteiger partial charge in [-0.15, -0.1) is 0 Å². The summed E-state index contributed by atoms with van der Waals surface area (Å²) in [6.07, 6.45) is 0.396. The summed E-state index contributed by atoms with van der Waals surface area (Å²) in [5, 5.41) is 23.5. The van der Waals surface area contributed by atoms with Crippen LogP contribution in [0.3, 0.4) is 0 Å². The molecule has 110 valence electrons. The van der Waals surface area contributed by atoms with Crippen LogP contribution >= 0.6 is 0 Å². The van der Waals surface area contributed by atoms with E-state index in [-0.39, 0.29) is 13.2 Å². The lowest BCUT2D eigenvalue weighted by atomic mass is 9.98. The van der Waals surface area contributed by atoms with Gasteiger partial charge < -0.3 is 26.6 Å². The Kier molecular flexibility index (Phi) is 5.48. The molecule has 7 nitrogen and oxygen atoms in total. The van der Waals surface area contributed by atoms with E-state index >= 15 is 0 Å². The summed E-state index contributed by atoms with van der Waals surface area (Å²) < 4.78 is 0. The predicted octanol–water partition coefficient (Wildman–Crippen LogP) is 0.0404. The van der Waals surface area contributed by atoms with Gasteiger partial charge in [-0.2, -0.15) is 0 Å². The third kappa shape index (κ3) is 3.94. The maximum Gasteiger partial charge on any atom is 0.316 e. The number of nitrogens with two attached hydrogens (primary N) is 1. The van der Waals surface area contributed by atoms with Crippen molar-refractivity contribution in [2.75, 3.05) is 18.5 Å². The lowest BCUT2D eigenvalue weighted by Crippen LogP contribution is -2.53. The molecule has 1 aromatic rings. The minimum atomic E-state index is -1.04. The maximum absolute atomic E-state index is 12.0. The SMILES string of the molecule is CCC(CO)(CO)NC(=O)c1ccc(NC(N)=O)cc1. The Bertz CT molecular complexity index is 461. The molecule has 0 atom stereocenters. The molecule has 0 unspecified atom stereocenters. The van der Waals surface area contributed by atoms with Gasteiger partial charge in [-0.3, -0.25) is 4.79 Å². The predicted molar refractivity (Wildman–Crippen MR) is 74.3 cm³/mol. The second-order valence-electron chi connectivity index (χ2n) is 4.47. The maximum atomic E-state index is 12.0.